The summed E-state index contributed by atoms with van der Waals surface area (Å²) in [6.45, 7) is 2.45. The van der Waals surface area contributed by atoms with Crippen LogP contribution in [0.4, 0.5) is 4.79 Å². The summed E-state index contributed by atoms with van der Waals surface area (Å²) in [5.74, 6) is 0.202. The van der Waals surface area contributed by atoms with E-state index in [9.17, 15) is 9.59 Å². The van der Waals surface area contributed by atoms with Gasteiger partial charge in [-0.3, -0.25) is 10.1 Å². The van der Waals surface area contributed by atoms with E-state index in [-0.39, 0.29) is 5.70 Å². The monoisotopic (exact) mass is 358 g/mol. The smallest absolute Gasteiger partial charge is 0.326 e. The van der Waals surface area contributed by atoms with Gasteiger partial charge in [-0.15, -0.1) is 0 Å². The normalized spacial score (nSPS) is 15.1. The van der Waals surface area contributed by atoms with Crippen molar-refractivity contribution < 1.29 is 14.3 Å². The molecule has 3 aromatic carbocycles. The second kappa shape index (κ2) is 6.96. The van der Waals surface area contributed by atoms with Crippen LogP contribution in [0, 0.1) is 6.92 Å². The molecule has 1 aliphatic rings. The maximum absolute atomic E-state index is 11.9. The van der Waals surface area contributed by atoms with Crippen LogP contribution in [0.1, 0.15) is 16.7 Å². The quantitative estimate of drug-likeness (QED) is 0.549. The summed E-state index contributed by atoms with van der Waals surface area (Å²) in [4.78, 5) is 23.4. The minimum absolute atomic E-state index is 0.205. The van der Waals surface area contributed by atoms with Crippen molar-refractivity contribution in [1.29, 1.82) is 0 Å². The fraction of sp³-hybridized carbons (Fsp3) is 0.0909. The number of urea groups is 1. The van der Waals surface area contributed by atoms with E-state index in [4.69, 9.17) is 4.74 Å². The first-order valence-corrected chi connectivity index (χ1v) is 8.64. The van der Waals surface area contributed by atoms with Crippen molar-refractivity contribution >= 4 is 28.8 Å². The first-order valence-electron chi connectivity index (χ1n) is 8.64. The topological polar surface area (TPSA) is 67.4 Å². The zero-order valence-corrected chi connectivity index (χ0v) is 14.8. The molecule has 1 saturated heterocycles. The molecule has 3 aromatic rings. The van der Waals surface area contributed by atoms with Crippen LogP contribution in [0.25, 0.3) is 16.8 Å². The van der Waals surface area contributed by atoms with E-state index >= 15 is 0 Å². The van der Waals surface area contributed by atoms with Gasteiger partial charge in [-0.2, -0.15) is 0 Å². The number of carbonyl (C=O) groups is 2. The van der Waals surface area contributed by atoms with Gasteiger partial charge >= 0.3 is 6.03 Å². The molecular formula is C22H18N2O3. The second-order valence-corrected chi connectivity index (χ2v) is 6.44. The molecule has 0 saturated carbocycles. The number of fused-ring (bicyclic) bond motifs is 1. The average Bonchev–Trinajstić information content (AvgIpc) is 2.99. The SMILES string of the molecule is Cc1ccc(COc2ccc3ccccc3c2C=C2NC(=O)NC2=O)cc1. The molecule has 1 heterocycles. The molecule has 3 amide bonds. The first kappa shape index (κ1) is 16.8. The zero-order chi connectivity index (χ0) is 18.8. The van der Waals surface area contributed by atoms with Gasteiger partial charge in [0.2, 0.25) is 0 Å². The zero-order valence-electron chi connectivity index (χ0n) is 14.8. The van der Waals surface area contributed by atoms with Gasteiger partial charge in [-0.25, -0.2) is 4.79 Å². The number of imide groups is 1. The van der Waals surface area contributed by atoms with E-state index in [2.05, 4.69) is 10.6 Å². The maximum Gasteiger partial charge on any atom is 0.326 e. The largest absolute Gasteiger partial charge is 0.488 e. The van der Waals surface area contributed by atoms with Gasteiger partial charge < -0.3 is 10.1 Å². The standard InChI is InChI=1S/C22H18N2O3/c1-14-6-8-15(9-7-14)13-27-20-11-10-16-4-2-3-5-17(16)18(20)12-19-21(25)24-22(26)23-19/h2-12H,13H2,1H3,(H2,23,24,25,26). The highest BCUT2D eigenvalue weighted by molar-refractivity contribution is 6.14. The lowest BCUT2D eigenvalue weighted by molar-refractivity contribution is -0.115. The predicted molar refractivity (Wildman–Crippen MR) is 104 cm³/mol. The number of ether oxygens (including phenoxy) is 1. The van der Waals surface area contributed by atoms with E-state index in [1.54, 1.807) is 6.08 Å². The van der Waals surface area contributed by atoms with Gasteiger partial charge in [0.15, 0.2) is 0 Å². The highest BCUT2D eigenvalue weighted by Gasteiger charge is 2.23. The number of rotatable bonds is 4. The van der Waals surface area contributed by atoms with Gasteiger partial charge in [-0.1, -0.05) is 60.2 Å². The number of hydrogen-bond acceptors (Lipinski definition) is 3. The molecule has 2 N–H and O–H groups in total. The molecular weight excluding hydrogens is 340 g/mol. The van der Waals surface area contributed by atoms with Gasteiger partial charge in [-0.05, 0) is 35.4 Å². The van der Waals surface area contributed by atoms with E-state index in [1.165, 1.54) is 5.56 Å². The summed E-state index contributed by atoms with van der Waals surface area (Å²) in [5, 5.41) is 6.72. The van der Waals surface area contributed by atoms with Crippen molar-refractivity contribution in [1.82, 2.24) is 10.6 Å². The minimum atomic E-state index is -0.520. The third-order valence-electron chi connectivity index (χ3n) is 4.45. The lowest BCUT2D eigenvalue weighted by Crippen LogP contribution is -2.22. The van der Waals surface area contributed by atoms with Crippen LogP contribution in [0.5, 0.6) is 5.75 Å². The van der Waals surface area contributed by atoms with Crippen LogP contribution in [0.15, 0.2) is 66.4 Å². The van der Waals surface area contributed by atoms with E-state index in [0.717, 1.165) is 21.9 Å². The van der Waals surface area contributed by atoms with Gasteiger partial charge in [0.05, 0.1) is 0 Å². The molecule has 0 aliphatic carbocycles. The Morgan fingerprint density at radius 1 is 0.926 bits per heavy atom. The van der Waals surface area contributed by atoms with Gasteiger partial charge in [0, 0.05) is 5.56 Å². The Kier molecular flexibility index (Phi) is 4.34. The molecule has 134 valence electrons. The molecule has 5 nitrogen and oxygen atoms in total. The molecule has 0 radical (unpaired) electrons. The number of aryl methyl sites for hydroxylation is 1. The second-order valence-electron chi connectivity index (χ2n) is 6.44. The molecule has 5 heteroatoms. The molecule has 4 rings (SSSR count). The Balaban J connectivity index is 1.73. The number of amides is 3. The Morgan fingerprint density at radius 3 is 2.44 bits per heavy atom. The van der Waals surface area contributed by atoms with Crippen molar-refractivity contribution in [2.75, 3.05) is 0 Å². The number of benzene rings is 3. The highest BCUT2D eigenvalue weighted by Crippen LogP contribution is 2.31. The Hall–Kier alpha value is -3.60. The van der Waals surface area contributed by atoms with Crippen molar-refractivity contribution in [3.05, 3.63) is 83.1 Å². The van der Waals surface area contributed by atoms with Gasteiger partial charge in [0.25, 0.3) is 5.91 Å². The molecule has 1 aliphatic heterocycles. The third-order valence-corrected chi connectivity index (χ3v) is 4.45. The van der Waals surface area contributed by atoms with E-state index in [1.807, 2.05) is 67.6 Å². The lowest BCUT2D eigenvalue weighted by Gasteiger charge is -2.13. The number of carbonyl (C=O) groups excluding carboxylic acids is 2. The van der Waals surface area contributed by atoms with Crippen LogP contribution in [-0.4, -0.2) is 11.9 Å². The summed E-state index contributed by atoms with van der Waals surface area (Å²) in [7, 11) is 0. The van der Waals surface area contributed by atoms with Crippen LogP contribution < -0.4 is 15.4 Å². The van der Waals surface area contributed by atoms with Crippen LogP contribution in [0.3, 0.4) is 0 Å². The summed E-state index contributed by atoms with van der Waals surface area (Å²) >= 11 is 0. The molecule has 0 atom stereocenters. The fourth-order valence-electron chi connectivity index (χ4n) is 3.02. The molecule has 0 aromatic heterocycles. The first-order chi connectivity index (χ1) is 13.1. The minimum Gasteiger partial charge on any atom is -0.488 e. The lowest BCUT2D eigenvalue weighted by atomic mass is 10.0. The van der Waals surface area contributed by atoms with Crippen LogP contribution in [0.2, 0.25) is 0 Å². The maximum atomic E-state index is 11.9. The Morgan fingerprint density at radius 2 is 1.70 bits per heavy atom. The van der Waals surface area contributed by atoms with E-state index < -0.39 is 11.9 Å². The summed E-state index contributed by atoms with van der Waals surface area (Å²) in [6, 6.07) is 19.3. The van der Waals surface area contributed by atoms with Crippen LogP contribution >= 0.6 is 0 Å². The summed E-state index contributed by atoms with van der Waals surface area (Å²) in [6.07, 6.45) is 1.66. The fourth-order valence-corrected chi connectivity index (χ4v) is 3.02. The molecule has 1 fully saturated rings. The highest BCUT2D eigenvalue weighted by atomic mass is 16.5. The van der Waals surface area contributed by atoms with Crippen molar-refractivity contribution in [3.63, 3.8) is 0 Å². The third kappa shape index (κ3) is 3.53. The molecule has 0 unspecified atom stereocenters. The van der Waals surface area contributed by atoms with Crippen molar-refractivity contribution in [2.45, 2.75) is 13.5 Å². The number of nitrogens with one attached hydrogen (secondary N) is 2. The van der Waals surface area contributed by atoms with Gasteiger partial charge in [0.1, 0.15) is 18.1 Å². The summed E-state index contributed by atoms with van der Waals surface area (Å²) in [5.41, 5.74) is 3.21. The molecule has 27 heavy (non-hydrogen) atoms. The number of hydrogen-bond donors (Lipinski definition) is 2. The Bertz CT molecular complexity index is 1070. The van der Waals surface area contributed by atoms with Crippen molar-refractivity contribution in [3.8, 4) is 5.75 Å². The van der Waals surface area contributed by atoms with Crippen LogP contribution in [-0.2, 0) is 11.4 Å². The molecule has 0 spiro atoms. The summed E-state index contributed by atoms with van der Waals surface area (Å²) < 4.78 is 6.05. The van der Waals surface area contributed by atoms with E-state index in [0.29, 0.717) is 12.4 Å². The predicted octanol–water partition coefficient (Wildman–Crippen LogP) is 3.91. The van der Waals surface area contributed by atoms with Crippen molar-refractivity contribution in [2.24, 2.45) is 0 Å². The average molecular weight is 358 g/mol. The molecule has 0 bridgehead atoms. The Labute approximate surface area is 156 Å².